The summed E-state index contributed by atoms with van der Waals surface area (Å²) >= 11 is 0. The van der Waals surface area contributed by atoms with Crippen LogP contribution in [0.25, 0.3) is 11.3 Å². The number of hydrogen-bond acceptors (Lipinski definition) is 3. The van der Waals surface area contributed by atoms with Gasteiger partial charge in [-0.25, -0.2) is 8.78 Å². The molecule has 0 aliphatic carbocycles. The lowest BCUT2D eigenvalue weighted by molar-refractivity contribution is 0.509. The molecule has 0 spiro atoms. The third-order valence-electron chi connectivity index (χ3n) is 3.06. The van der Waals surface area contributed by atoms with E-state index in [2.05, 4.69) is 15.5 Å². The highest BCUT2D eigenvalue weighted by atomic mass is 19.2. The molecular weight excluding hydrogens is 248 g/mol. The van der Waals surface area contributed by atoms with Gasteiger partial charge in [0.2, 0.25) is 0 Å². The predicted octanol–water partition coefficient (Wildman–Crippen LogP) is 3.47. The molecule has 1 aromatic heterocycles. The molecular formula is C14H15F2N3. The van der Waals surface area contributed by atoms with E-state index in [0.29, 0.717) is 17.1 Å². The second-order valence-electron chi connectivity index (χ2n) is 4.31. The van der Waals surface area contributed by atoms with Gasteiger partial charge in [-0.3, -0.25) is 0 Å². The molecule has 0 unspecified atom stereocenters. The van der Waals surface area contributed by atoms with Gasteiger partial charge in [-0.05, 0) is 50.1 Å². The summed E-state index contributed by atoms with van der Waals surface area (Å²) < 4.78 is 26.2. The summed E-state index contributed by atoms with van der Waals surface area (Å²) in [4.78, 5) is 0. The van der Waals surface area contributed by atoms with Crippen LogP contribution in [-0.4, -0.2) is 16.7 Å². The fourth-order valence-corrected chi connectivity index (χ4v) is 1.86. The van der Waals surface area contributed by atoms with Crippen LogP contribution in [0.4, 0.5) is 14.6 Å². The molecule has 3 nitrogen and oxygen atoms in total. The third kappa shape index (κ3) is 2.54. The van der Waals surface area contributed by atoms with Crippen LogP contribution in [0, 0.1) is 25.5 Å². The summed E-state index contributed by atoms with van der Waals surface area (Å²) in [5.41, 5.74) is 2.95. The molecule has 0 bridgehead atoms. The van der Waals surface area contributed by atoms with Gasteiger partial charge in [-0.2, -0.15) is 0 Å². The van der Waals surface area contributed by atoms with E-state index in [-0.39, 0.29) is 0 Å². The highest BCUT2D eigenvalue weighted by molar-refractivity contribution is 5.66. The van der Waals surface area contributed by atoms with Gasteiger partial charge in [0.15, 0.2) is 17.5 Å². The Labute approximate surface area is 110 Å². The molecule has 0 radical (unpaired) electrons. The molecule has 0 aliphatic rings. The minimum Gasteiger partial charge on any atom is -0.369 e. The minimum atomic E-state index is -0.882. The van der Waals surface area contributed by atoms with Gasteiger partial charge in [-0.1, -0.05) is 0 Å². The van der Waals surface area contributed by atoms with Gasteiger partial charge in [0.1, 0.15) is 0 Å². The van der Waals surface area contributed by atoms with Gasteiger partial charge in [0, 0.05) is 12.1 Å². The largest absolute Gasteiger partial charge is 0.369 e. The van der Waals surface area contributed by atoms with Crippen molar-refractivity contribution in [3.05, 3.63) is 41.0 Å². The van der Waals surface area contributed by atoms with E-state index in [0.717, 1.165) is 29.8 Å². The molecule has 0 saturated heterocycles. The highest BCUT2D eigenvalue weighted by Gasteiger charge is 2.12. The molecule has 19 heavy (non-hydrogen) atoms. The van der Waals surface area contributed by atoms with E-state index in [4.69, 9.17) is 0 Å². The van der Waals surface area contributed by atoms with Gasteiger partial charge in [0.05, 0.1) is 5.69 Å². The van der Waals surface area contributed by atoms with Crippen LogP contribution < -0.4 is 5.32 Å². The van der Waals surface area contributed by atoms with Crippen LogP contribution >= 0.6 is 0 Å². The summed E-state index contributed by atoms with van der Waals surface area (Å²) in [6, 6.07) is 3.74. The van der Waals surface area contributed by atoms with E-state index in [1.54, 1.807) is 0 Å². The fourth-order valence-electron chi connectivity index (χ4n) is 1.86. The number of halogens is 2. The maximum absolute atomic E-state index is 13.3. The molecule has 1 heterocycles. The number of rotatable bonds is 3. The number of hydrogen-bond donors (Lipinski definition) is 1. The highest BCUT2D eigenvalue weighted by Crippen LogP contribution is 2.26. The Bertz CT molecular complexity index is 612. The predicted molar refractivity (Wildman–Crippen MR) is 71.0 cm³/mol. The first kappa shape index (κ1) is 13.4. The number of anilines is 1. The molecule has 1 N–H and O–H groups in total. The lowest BCUT2D eigenvalue weighted by Gasteiger charge is -2.12. The Kier molecular flexibility index (Phi) is 3.74. The first-order chi connectivity index (χ1) is 9.04. The fraction of sp³-hybridized carbons (Fsp3) is 0.286. The van der Waals surface area contributed by atoms with E-state index in [1.807, 2.05) is 20.8 Å². The molecule has 5 heteroatoms. The SMILES string of the molecule is CCNc1nnc(-c2ccc(F)c(F)c2)c(C)c1C. The zero-order valence-corrected chi connectivity index (χ0v) is 11.1. The summed E-state index contributed by atoms with van der Waals surface area (Å²) in [7, 11) is 0. The minimum absolute atomic E-state index is 0.523. The summed E-state index contributed by atoms with van der Waals surface area (Å²) in [5, 5.41) is 11.3. The standard InChI is InChI=1S/C14H15F2N3/c1-4-17-14-9(3)8(2)13(18-19-14)10-5-6-11(15)12(16)7-10/h5-7H,4H2,1-3H3,(H,17,19). The maximum Gasteiger partial charge on any atom is 0.159 e. The van der Waals surface area contributed by atoms with Gasteiger partial charge < -0.3 is 5.32 Å². The van der Waals surface area contributed by atoms with Crippen LogP contribution in [0.3, 0.4) is 0 Å². The Morgan fingerprint density at radius 3 is 2.42 bits per heavy atom. The van der Waals surface area contributed by atoms with Gasteiger partial charge in [0.25, 0.3) is 0 Å². The molecule has 0 atom stereocenters. The molecule has 0 saturated carbocycles. The van der Waals surface area contributed by atoms with Crippen molar-refractivity contribution in [3.8, 4) is 11.3 Å². The Morgan fingerprint density at radius 1 is 1.05 bits per heavy atom. The van der Waals surface area contributed by atoms with E-state index < -0.39 is 11.6 Å². The normalized spacial score (nSPS) is 10.6. The zero-order valence-electron chi connectivity index (χ0n) is 11.1. The van der Waals surface area contributed by atoms with Crippen molar-refractivity contribution in [2.24, 2.45) is 0 Å². The maximum atomic E-state index is 13.3. The van der Waals surface area contributed by atoms with Gasteiger partial charge in [-0.15, -0.1) is 10.2 Å². The van der Waals surface area contributed by atoms with Crippen molar-refractivity contribution in [2.75, 3.05) is 11.9 Å². The number of nitrogens with one attached hydrogen (secondary N) is 1. The summed E-state index contributed by atoms with van der Waals surface area (Å²) in [6.45, 7) is 6.53. The zero-order chi connectivity index (χ0) is 14.0. The van der Waals surface area contributed by atoms with Crippen LogP contribution in [-0.2, 0) is 0 Å². The Morgan fingerprint density at radius 2 is 1.79 bits per heavy atom. The molecule has 0 amide bonds. The van der Waals surface area contributed by atoms with Crippen molar-refractivity contribution in [2.45, 2.75) is 20.8 Å². The molecule has 1 aromatic carbocycles. The molecule has 2 rings (SSSR count). The second kappa shape index (κ2) is 5.30. The topological polar surface area (TPSA) is 37.8 Å². The van der Waals surface area contributed by atoms with E-state index in [9.17, 15) is 8.78 Å². The quantitative estimate of drug-likeness (QED) is 0.921. The van der Waals surface area contributed by atoms with Crippen LogP contribution in [0.1, 0.15) is 18.1 Å². The molecule has 2 aromatic rings. The molecule has 0 fully saturated rings. The lowest BCUT2D eigenvalue weighted by Crippen LogP contribution is -2.06. The van der Waals surface area contributed by atoms with Crippen LogP contribution in [0.2, 0.25) is 0 Å². The average molecular weight is 263 g/mol. The second-order valence-corrected chi connectivity index (χ2v) is 4.31. The molecule has 0 aliphatic heterocycles. The average Bonchev–Trinajstić information content (AvgIpc) is 2.39. The van der Waals surface area contributed by atoms with Crippen LogP contribution in [0.5, 0.6) is 0 Å². The van der Waals surface area contributed by atoms with Crippen molar-refractivity contribution in [1.29, 1.82) is 0 Å². The first-order valence-corrected chi connectivity index (χ1v) is 6.07. The Hall–Kier alpha value is -2.04. The van der Waals surface area contributed by atoms with Crippen molar-refractivity contribution < 1.29 is 8.78 Å². The van der Waals surface area contributed by atoms with Crippen molar-refractivity contribution in [3.63, 3.8) is 0 Å². The third-order valence-corrected chi connectivity index (χ3v) is 3.06. The van der Waals surface area contributed by atoms with Gasteiger partial charge >= 0.3 is 0 Å². The van der Waals surface area contributed by atoms with E-state index >= 15 is 0 Å². The van der Waals surface area contributed by atoms with Crippen molar-refractivity contribution in [1.82, 2.24) is 10.2 Å². The van der Waals surface area contributed by atoms with E-state index in [1.165, 1.54) is 6.07 Å². The lowest BCUT2D eigenvalue weighted by atomic mass is 10.0. The number of benzene rings is 1. The Balaban J connectivity index is 2.51. The summed E-state index contributed by atoms with van der Waals surface area (Å²) in [5.74, 6) is -1.03. The number of aromatic nitrogens is 2. The summed E-state index contributed by atoms with van der Waals surface area (Å²) in [6.07, 6.45) is 0. The van der Waals surface area contributed by atoms with Crippen LogP contribution in [0.15, 0.2) is 18.2 Å². The van der Waals surface area contributed by atoms with Crippen molar-refractivity contribution >= 4 is 5.82 Å². The monoisotopic (exact) mass is 263 g/mol. The smallest absolute Gasteiger partial charge is 0.159 e. The first-order valence-electron chi connectivity index (χ1n) is 6.07. The number of nitrogens with zero attached hydrogens (tertiary/aromatic N) is 2. The molecule has 100 valence electrons.